The van der Waals surface area contributed by atoms with Crippen LogP contribution in [0.1, 0.15) is 54.5 Å². The van der Waals surface area contributed by atoms with Gasteiger partial charge in [-0.3, -0.25) is 4.79 Å². The minimum absolute atomic E-state index is 0.0386. The first-order valence-electron chi connectivity index (χ1n) is 11.2. The van der Waals surface area contributed by atoms with E-state index >= 15 is 0 Å². The largest absolute Gasteiger partial charge is 0.341 e. The van der Waals surface area contributed by atoms with Crippen LogP contribution in [0.2, 0.25) is 0 Å². The van der Waals surface area contributed by atoms with Gasteiger partial charge in [0.1, 0.15) is 17.8 Å². The number of carbonyl (C=O) groups is 1. The molecule has 3 aromatic heterocycles. The summed E-state index contributed by atoms with van der Waals surface area (Å²) in [4.78, 5) is 39.5. The van der Waals surface area contributed by atoms with E-state index in [1.54, 1.807) is 23.4 Å². The Morgan fingerprint density at radius 3 is 2.25 bits per heavy atom. The number of amides is 1. The molecule has 2 fully saturated rings. The predicted molar refractivity (Wildman–Crippen MR) is 118 cm³/mol. The van der Waals surface area contributed by atoms with Gasteiger partial charge in [-0.15, -0.1) is 0 Å². The van der Waals surface area contributed by atoms with Crippen molar-refractivity contribution in [2.24, 2.45) is 0 Å². The maximum Gasteiger partial charge on any atom is 0.274 e. The van der Waals surface area contributed by atoms with Gasteiger partial charge >= 0.3 is 0 Å². The summed E-state index contributed by atoms with van der Waals surface area (Å²) in [5.41, 5.74) is 1.51. The van der Waals surface area contributed by atoms with Gasteiger partial charge in [0.25, 0.3) is 5.91 Å². The fourth-order valence-electron chi connectivity index (χ4n) is 4.16. The number of hydrogen-bond donors (Lipinski definition) is 0. The first-order chi connectivity index (χ1) is 15.6. The van der Waals surface area contributed by atoms with E-state index < -0.39 is 0 Å². The molecular weight excluding hydrogens is 406 g/mol. The molecule has 166 valence electrons. The third-order valence-corrected chi connectivity index (χ3v) is 6.11. The summed E-state index contributed by atoms with van der Waals surface area (Å²) in [5, 5.41) is 4.24. The minimum Gasteiger partial charge on any atom is -0.341 e. The zero-order valence-corrected chi connectivity index (χ0v) is 18.4. The molecule has 3 aromatic rings. The number of carbonyl (C=O) groups excluding carboxylic acids is 1. The standard InChI is InChI=1S/C22H27N9O/c1-3-16-10-25-22(26-11-16)29-8-6-18(7-9-29)31(17-4-5-17)21(32)19-12-24-20(13-23-19)30-14-27-15(2)28-30/h10-14,17-18H,3-9H2,1-2H3. The minimum atomic E-state index is -0.0386. The molecule has 2 aliphatic rings. The molecule has 0 unspecified atom stereocenters. The third kappa shape index (κ3) is 4.17. The predicted octanol–water partition coefficient (Wildman–Crippen LogP) is 1.99. The number of piperidine rings is 1. The lowest BCUT2D eigenvalue weighted by Gasteiger charge is -2.38. The zero-order valence-electron chi connectivity index (χ0n) is 18.4. The Morgan fingerprint density at radius 2 is 1.69 bits per heavy atom. The second-order valence-corrected chi connectivity index (χ2v) is 8.40. The van der Waals surface area contributed by atoms with E-state index in [4.69, 9.17) is 0 Å². The lowest BCUT2D eigenvalue weighted by Crippen LogP contribution is -2.49. The molecule has 1 saturated heterocycles. The van der Waals surface area contributed by atoms with Crippen molar-refractivity contribution in [2.75, 3.05) is 18.0 Å². The fraction of sp³-hybridized carbons (Fsp3) is 0.500. The quantitative estimate of drug-likeness (QED) is 0.581. The number of rotatable bonds is 6. The smallest absolute Gasteiger partial charge is 0.274 e. The van der Waals surface area contributed by atoms with Crippen molar-refractivity contribution in [1.29, 1.82) is 0 Å². The van der Waals surface area contributed by atoms with E-state index in [1.807, 2.05) is 24.2 Å². The molecule has 0 N–H and O–H groups in total. The van der Waals surface area contributed by atoms with Crippen LogP contribution in [0.4, 0.5) is 5.95 Å². The molecule has 0 spiro atoms. The van der Waals surface area contributed by atoms with Crippen LogP contribution in [0.5, 0.6) is 0 Å². The maximum absolute atomic E-state index is 13.3. The van der Waals surface area contributed by atoms with Crippen LogP contribution in [0, 0.1) is 6.92 Å². The topological polar surface area (TPSA) is 106 Å². The lowest BCUT2D eigenvalue weighted by atomic mass is 10.0. The molecule has 0 atom stereocenters. The van der Waals surface area contributed by atoms with Gasteiger partial charge in [-0.1, -0.05) is 6.92 Å². The summed E-state index contributed by atoms with van der Waals surface area (Å²) in [6.07, 6.45) is 13.3. The fourth-order valence-corrected chi connectivity index (χ4v) is 4.16. The second kappa shape index (κ2) is 8.60. The van der Waals surface area contributed by atoms with Gasteiger partial charge in [0.2, 0.25) is 5.95 Å². The van der Waals surface area contributed by atoms with E-state index in [0.717, 1.165) is 56.7 Å². The molecule has 0 bridgehead atoms. The van der Waals surface area contributed by atoms with E-state index in [-0.39, 0.29) is 11.9 Å². The van der Waals surface area contributed by atoms with E-state index in [2.05, 4.69) is 41.8 Å². The molecule has 1 amide bonds. The Labute approximate surface area is 186 Å². The van der Waals surface area contributed by atoms with Gasteiger partial charge in [0, 0.05) is 37.6 Å². The molecule has 10 heteroatoms. The highest BCUT2D eigenvalue weighted by atomic mass is 16.2. The SMILES string of the molecule is CCc1cnc(N2CCC(N(C(=O)c3cnc(-n4cnc(C)n4)cn3)C3CC3)CC2)nc1. The highest BCUT2D eigenvalue weighted by Gasteiger charge is 2.39. The first-order valence-corrected chi connectivity index (χ1v) is 11.2. The molecule has 32 heavy (non-hydrogen) atoms. The van der Waals surface area contributed by atoms with Crippen LogP contribution in [0.3, 0.4) is 0 Å². The van der Waals surface area contributed by atoms with Crippen molar-refractivity contribution >= 4 is 11.9 Å². The molecule has 5 rings (SSSR count). The number of aromatic nitrogens is 7. The Bertz CT molecular complexity index is 1070. The van der Waals surface area contributed by atoms with Crippen molar-refractivity contribution in [3.63, 3.8) is 0 Å². The molecule has 0 aromatic carbocycles. The average molecular weight is 434 g/mol. The van der Waals surface area contributed by atoms with E-state index in [9.17, 15) is 4.79 Å². The average Bonchev–Trinajstić information content (AvgIpc) is 3.58. The second-order valence-electron chi connectivity index (χ2n) is 8.40. The van der Waals surface area contributed by atoms with Crippen molar-refractivity contribution in [2.45, 2.75) is 58.0 Å². The maximum atomic E-state index is 13.3. The number of hydrogen-bond acceptors (Lipinski definition) is 8. The summed E-state index contributed by atoms with van der Waals surface area (Å²) in [6.45, 7) is 5.58. The summed E-state index contributed by atoms with van der Waals surface area (Å²) in [5.74, 6) is 1.94. The number of aryl methyl sites for hydroxylation is 2. The highest BCUT2D eigenvalue weighted by molar-refractivity contribution is 5.92. The normalized spacial score (nSPS) is 16.9. The summed E-state index contributed by atoms with van der Waals surface area (Å²) >= 11 is 0. The van der Waals surface area contributed by atoms with Crippen LogP contribution in [-0.4, -0.2) is 70.7 Å². The highest BCUT2D eigenvalue weighted by Crippen LogP contribution is 2.33. The molecular formula is C22H27N9O. The molecule has 0 radical (unpaired) electrons. The summed E-state index contributed by atoms with van der Waals surface area (Å²) < 4.78 is 1.56. The van der Waals surface area contributed by atoms with Crippen LogP contribution in [-0.2, 0) is 6.42 Å². The van der Waals surface area contributed by atoms with Gasteiger partial charge in [-0.2, -0.15) is 5.10 Å². The Morgan fingerprint density at radius 1 is 0.969 bits per heavy atom. The Balaban J connectivity index is 1.26. The van der Waals surface area contributed by atoms with Gasteiger partial charge in [-0.25, -0.2) is 29.6 Å². The van der Waals surface area contributed by atoms with Crippen molar-refractivity contribution in [3.05, 3.63) is 48.2 Å². The van der Waals surface area contributed by atoms with Crippen LogP contribution in [0.15, 0.2) is 31.1 Å². The van der Waals surface area contributed by atoms with Crippen LogP contribution in [0.25, 0.3) is 5.82 Å². The molecule has 10 nitrogen and oxygen atoms in total. The zero-order chi connectivity index (χ0) is 22.1. The van der Waals surface area contributed by atoms with Gasteiger partial charge in [0.15, 0.2) is 5.82 Å². The number of nitrogens with zero attached hydrogens (tertiary/aromatic N) is 9. The van der Waals surface area contributed by atoms with Crippen molar-refractivity contribution in [1.82, 2.24) is 39.6 Å². The monoisotopic (exact) mass is 433 g/mol. The lowest BCUT2D eigenvalue weighted by molar-refractivity contribution is 0.0623. The third-order valence-electron chi connectivity index (χ3n) is 6.11. The van der Waals surface area contributed by atoms with Crippen molar-refractivity contribution < 1.29 is 4.79 Å². The molecule has 1 aliphatic heterocycles. The van der Waals surface area contributed by atoms with Crippen LogP contribution >= 0.6 is 0 Å². The van der Waals surface area contributed by atoms with Gasteiger partial charge in [-0.05, 0) is 44.6 Å². The van der Waals surface area contributed by atoms with Crippen molar-refractivity contribution in [3.8, 4) is 5.82 Å². The summed E-state index contributed by atoms with van der Waals surface area (Å²) in [7, 11) is 0. The Kier molecular flexibility index (Phi) is 5.50. The van der Waals surface area contributed by atoms with Crippen LogP contribution < -0.4 is 4.90 Å². The van der Waals surface area contributed by atoms with Gasteiger partial charge < -0.3 is 9.80 Å². The Hall–Kier alpha value is -3.43. The van der Waals surface area contributed by atoms with E-state index in [1.165, 1.54) is 0 Å². The summed E-state index contributed by atoms with van der Waals surface area (Å²) in [6, 6.07) is 0.499. The molecule has 4 heterocycles. The van der Waals surface area contributed by atoms with E-state index in [0.29, 0.717) is 23.4 Å². The van der Waals surface area contributed by atoms with Gasteiger partial charge in [0.05, 0.1) is 12.4 Å². The molecule has 1 aliphatic carbocycles. The molecule has 1 saturated carbocycles. The first kappa shape index (κ1) is 20.5. The number of anilines is 1.